The van der Waals surface area contributed by atoms with Crippen LogP contribution in [0, 0.1) is 5.41 Å². The van der Waals surface area contributed by atoms with Crippen LogP contribution in [0.1, 0.15) is 31.7 Å². The first-order valence-corrected chi connectivity index (χ1v) is 8.96. The molecule has 1 unspecified atom stereocenters. The van der Waals surface area contributed by atoms with Gasteiger partial charge < -0.3 is 14.8 Å². The number of hydrogen-bond acceptors (Lipinski definition) is 4. The number of benzene rings is 1. The largest absolute Gasteiger partial charge is 0.493 e. The molecule has 1 N–H and O–H groups in total. The summed E-state index contributed by atoms with van der Waals surface area (Å²) in [4.78, 5) is 2.53. The van der Waals surface area contributed by atoms with Gasteiger partial charge in [0.25, 0.3) is 0 Å². The third-order valence-corrected chi connectivity index (χ3v) is 5.28. The molecule has 4 nitrogen and oxygen atoms in total. The van der Waals surface area contributed by atoms with Gasteiger partial charge >= 0.3 is 0 Å². The van der Waals surface area contributed by atoms with Gasteiger partial charge in [0.1, 0.15) is 0 Å². The lowest BCUT2D eigenvalue weighted by atomic mass is 9.86. The van der Waals surface area contributed by atoms with E-state index in [1.165, 1.54) is 24.9 Å². The third kappa shape index (κ3) is 3.76. The Labute approximate surface area is 144 Å². The molecule has 23 heavy (non-hydrogen) atoms. The summed E-state index contributed by atoms with van der Waals surface area (Å²) >= 11 is 6.42. The number of halogens is 1. The van der Waals surface area contributed by atoms with Gasteiger partial charge in [0, 0.05) is 19.6 Å². The van der Waals surface area contributed by atoms with Gasteiger partial charge in [-0.05, 0) is 55.5 Å². The van der Waals surface area contributed by atoms with Crippen molar-refractivity contribution in [2.45, 2.75) is 32.7 Å². The molecule has 1 spiro atoms. The van der Waals surface area contributed by atoms with E-state index in [0.717, 1.165) is 38.3 Å². The van der Waals surface area contributed by atoms with Crippen molar-refractivity contribution in [3.63, 3.8) is 0 Å². The van der Waals surface area contributed by atoms with Crippen LogP contribution in [0.3, 0.4) is 0 Å². The highest BCUT2D eigenvalue weighted by molar-refractivity contribution is 6.32. The summed E-state index contributed by atoms with van der Waals surface area (Å²) in [6, 6.07) is 4.09. The van der Waals surface area contributed by atoms with Crippen LogP contribution in [0.2, 0.25) is 5.02 Å². The maximum Gasteiger partial charge on any atom is 0.179 e. The fourth-order valence-corrected chi connectivity index (χ4v) is 4.06. The molecule has 2 saturated heterocycles. The van der Waals surface area contributed by atoms with Crippen molar-refractivity contribution in [3.8, 4) is 11.5 Å². The Hall–Kier alpha value is -0.970. The summed E-state index contributed by atoms with van der Waals surface area (Å²) < 4.78 is 11.2. The zero-order chi connectivity index (χ0) is 16.3. The summed E-state index contributed by atoms with van der Waals surface area (Å²) in [7, 11) is 1.67. The molecule has 0 bridgehead atoms. The molecule has 3 rings (SSSR count). The number of likely N-dealkylation sites (tertiary alicyclic amines) is 1. The van der Waals surface area contributed by atoms with E-state index in [0.29, 0.717) is 22.8 Å². The van der Waals surface area contributed by atoms with Crippen LogP contribution in [0.5, 0.6) is 11.5 Å². The van der Waals surface area contributed by atoms with Crippen molar-refractivity contribution >= 4 is 11.6 Å². The zero-order valence-electron chi connectivity index (χ0n) is 14.2. The lowest BCUT2D eigenvalue weighted by Crippen LogP contribution is -2.28. The molecule has 2 aliphatic rings. The normalized spacial score (nSPS) is 24.5. The molecule has 5 heteroatoms. The van der Waals surface area contributed by atoms with Crippen molar-refractivity contribution in [1.82, 2.24) is 10.2 Å². The van der Waals surface area contributed by atoms with Gasteiger partial charge in [0.05, 0.1) is 18.7 Å². The van der Waals surface area contributed by atoms with Crippen LogP contribution in [-0.2, 0) is 6.54 Å². The average Bonchev–Trinajstić information content (AvgIpc) is 3.16. The Morgan fingerprint density at radius 3 is 2.91 bits per heavy atom. The second-order valence-electron chi connectivity index (χ2n) is 6.84. The lowest BCUT2D eigenvalue weighted by molar-refractivity contribution is 0.267. The first kappa shape index (κ1) is 16.9. The number of rotatable bonds is 6. The molecule has 1 atom stereocenters. The van der Waals surface area contributed by atoms with Crippen LogP contribution in [0.4, 0.5) is 0 Å². The molecule has 128 valence electrons. The van der Waals surface area contributed by atoms with Crippen LogP contribution < -0.4 is 14.8 Å². The molecule has 0 aromatic heterocycles. The SMILES string of the molecule is CCCOc1c(Cl)cc(CN2CCC3(CCNC3)C2)cc1OC. The minimum atomic E-state index is 0.498. The Morgan fingerprint density at radius 2 is 2.22 bits per heavy atom. The van der Waals surface area contributed by atoms with Gasteiger partial charge in [0.15, 0.2) is 11.5 Å². The Kier molecular flexibility index (Phi) is 5.34. The topological polar surface area (TPSA) is 33.7 Å². The molecule has 0 radical (unpaired) electrons. The van der Waals surface area contributed by atoms with Crippen LogP contribution >= 0.6 is 11.6 Å². The second kappa shape index (κ2) is 7.29. The van der Waals surface area contributed by atoms with E-state index < -0.39 is 0 Å². The van der Waals surface area contributed by atoms with E-state index in [2.05, 4.69) is 23.2 Å². The van der Waals surface area contributed by atoms with E-state index >= 15 is 0 Å². The average molecular weight is 339 g/mol. The maximum atomic E-state index is 6.42. The summed E-state index contributed by atoms with van der Waals surface area (Å²) in [6.45, 7) is 8.32. The lowest BCUT2D eigenvalue weighted by Gasteiger charge is -2.23. The molecule has 0 aliphatic carbocycles. The van der Waals surface area contributed by atoms with Gasteiger partial charge in [-0.3, -0.25) is 4.90 Å². The predicted molar refractivity (Wildman–Crippen MR) is 93.6 cm³/mol. The maximum absolute atomic E-state index is 6.42. The molecule has 1 aromatic rings. The minimum Gasteiger partial charge on any atom is -0.493 e. The van der Waals surface area contributed by atoms with Crippen LogP contribution in [0.15, 0.2) is 12.1 Å². The predicted octanol–water partition coefficient (Wildman–Crippen LogP) is 3.32. The fourth-order valence-electron chi connectivity index (χ4n) is 3.77. The molecule has 0 saturated carbocycles. The fraction of sp³-hybridized carbons (Fsp3) is 0.667. The molecule has 2 heterocycles. The van der Waals surface area contributed by atoms with E-state index in [4.69, 9.17) is 21.1 Å². The smallest absolute Gasteiger partial charge is 0.179 e. The first-order chi connectivity index (χ1) is 11.2. The Morgan fingerprint density at radius 1 is 1.35 bits per heavy atom. The molecular formula is C18H27ClN2O2. The minimum absolute atomic E-state index is 0.498. The van der Waals surface area contributed by atoms with E-state index in [9.17, 15) is 0 Å². The summed E-state index contributed by atoms with van der Waals surface area (Å²) in [6.07, 6.45) is 3.55. The van der Waals surface area contributed by atoms with Crippen molar-refractivity contribution in [2.24, 2.45) is 5.41 Å². The Balaban J connectivity index is 1.69. The van der Waals surface area contributed by atoms with Crippen molar-refractivity contribution in [1.29, 1.82) is 0 Å². The number of hydrogen-bond donors (Lipinski definition) is 1. The van der Waals surface area contributed by atoms with Gasteiger partial charge in [-0.1, -0.05) is 18.5 Å². The van der Waals surface area contributed by atoms with Gasteiger partial charge in [-0.25, -0.2) is 0 Å². The first-order valence-electron chi connectivity index (χ1n) is 8.58. The molecule has 1 aromatic carbocycles. The monoisotopic (exact) mass is 338 g/mol. The third-order valence-electron chi connectivity index (χ3n) is 5.00. The molecule has 0 amide bonds. The van der Waals surface area contributed by atoms with Crippen LogP contribution in [-0.4, -0.2) is 44.8 Å². The highest BCUT2D eigenvalue weighted by Gasteiger charge is 2.40. The van der Waals surface area contributed by atoms with E-state index in [-0.39, 0.29) is 0 Å². The quantitative estimate of drug-likeness (QED) is 0.862. The summed E-state index contributed by atoms with van der Waals surface area (Å²) in [5.41, 5.74) is 1.69. The summed E-state index contributed by atoms with van der Waals surface area (Å²) in [5.74, 6) is 1.40. The van der Waals surface area contributed by atoms with Crippen molar-refractivity contribution in [3.05, 3.63) is 22.7 Å². The number of ether oxygens (including phenoxy) is 2. The molecular weight excluding hydrogens is 312 g/mol. The highest BCUT2D eigenvalue weighted by Crippen LogP contribution is 2.39. The van der Waals surface area contributed by atoms with E-state index in [1.54, 1.807) is 7.11 Å². The number of nitrogens with one attached hydrogen (secondary N) is 1. The van der Waals surface area contributed by atoms with Gasteiger partial charge in [-0.2, -0.15) is 0 Å². The molecule has 2 fully saturated rings. The zero-order valence-corrected chi connectivity index (χ0v) is 14.9. The second-order valence-corrected chi connectivity index (χ2v) is 7.25. The van der Waals surface area contributed by atoms with E-state index in [1.807, 2.05) is 6.07 Å². The van der Waals surface area contributed by atoms with Gasteiger partial charge in [-0.15, -0.1) is 0 Å². The summed E-state index contributed by atoms with van der Waals surface area (Å²) in [5, 5.41) is 4.15. The van der Waals surface area contributed by atoms with Crippen LogP contribution in [0.25, 0.3) is 0 Å². The van der Waals surface area contributed by atoms with Crippen molar-refractivity contribution < 1.29 is 9.47 Å². The standard InChI is InChI=1S/C18H27ClN2O2/c1-3-8-23-17-15(19)9-14(10-16(17)22-2)11-21-7-5-18(13-21)4-6-20-12-18/h9-10,20H,3-8,11-13H2,1-2H3. The molecule has 2 aliphatic heterocycles. The van der Waals surface area contributed by atoms with Gasteiger partial charge in [0.2, 0.25) is 0 Å². The Bertz CT molecular complexity index is 544. The highest BCUT2D eigenvalue weighted by atomic mass is 35.5. The number of methoxy groups -OCH3 is 1. The number of nitrogens with zero attached hydrogens (tertiary/aromatic N) is 1. The van der Waals surface area contributed by atoms with Crippen molar-refractivity contribution in [2.75, 3.05) is 39.9 Å².